The highest BCUT2D eigenvalue weighted by molar-refractivity contribution is 9.10. The van der Waals surface area contributed by atoms with Gasteiger partial charge in [0.05, 0.1) is 5.52 Å². The Morgan fingerprint density at radius 3 is 2.75 bits per heavy atom. The Kier molecular flexibility index (Phi) is 5.66. The smallest absolute Gasteiger partial charge is 0.387 e. The predicted molar refractivity (Wildman–Crippen MR) is 100 cm³/mol. The van der Waals surface area contributed by atoms with Crippen molar-refractivity contribution in [2.45, 2.75) is 18.3 Å². The molecule has 0 spiro atoms. The normalized spacial score (nSPS) is 11.8. The maximum absolute atomic E-state index is 12.6. The van der Waals surface area contributed by atoms with Crippen LogP contribution in [0.3, 0.4) is 0 Å². The van der Waals surface area contributed by atoms with Crippen LogP contribution in [0.1, 0.15) is 16.1 Å². The molecule has 0 saturated heterocycles. The van der Waals surface area contributed by atoms with Gasteiger partial charge in [-0.1, -0.05) is 22.0 Å². The van der Waals surface area contributed by atoms with Crippen molar-refractivity contribution in [2.24, 2.45) is 0 Å². The number of pyridine rings is 1. The van der Waals surface area contributed by atoms with Gasteiger partial charge < -0.3 is 10.1 Å². The van der Waals surface area contributed by atoms with Gasteiger partial charge in [-0.3, -0.25) is 9.20 Å². The molecule has 28 heavy (non-hydrogen) atoms. The molecule has 148 valence electrons. The van der Waals surface area contributed by atoms with Crippen molar-refractivity contribution in [3.8, 4) is 5.75 Å². The number of fused-ring (bicyclic) bond motifs is 1. The number of sulfone groups is 1. The first-order chi connectivity index (χ1) is 13.2. The fourth-order valence-corrected chi connectivity index (χ4v) is 3.78. The van der Waals surface area contributed by atoms with Crippen LogP contribution in [0.2, 0.25) is 0 Å². The Bertz CT molecular complexity index is 1150. The molecule has 0 aliphatic heterocycles. The van der Waals surface area contributed by atoms with Crippen LogP contribution in [-0.2, 0) is 16.4 Å². The van der Waals surface area contributed by atoms with Crippen molar-refractivity contribution >= 4 is 37.2 Å². The van der Waals surface area contributed by atoms with E-state index in [1.807, 2.05) is 0 Å². The van der Waals surface area contributed by atoms with Gasteiger partial charge in [0, 0.05) is 29.0 Å². The van der Waals surface area contributed by atoms with E-state index in [1.165, 1.54) is 28.8 Å². The number of amides is 1. The molecule has 1 aromatic carbocycles. The minimum atomic E-state index is -3.67. The minimum absolute atomic E-state index is 0.0787. The minimum Gasteiger partial charge on any atom is -0.434 e. The maximum Gasteiger partial charge on any atom is 0.387 e. The highest BCUT2D eigenvalue weighted by atomic mass is 79.9. The molecule has 2 heterocycles. The summed E-state index contributed by atoms with van der Waals surface area (Å²) in [6.07, 6.45) is 2.48. The predicted octanol–water partition coefficient (Wildman–Crippen LogP) is 3.03. The van der Waals surface area contributed by atoms with Gasteiger partial charge in [0.25, 0.3) is 5.91 Å². The number of halogens is 3. The van der Waals surface area contributed by atoms with Crippen LogP contribution >= 0.6 is 15.9 Å². The third-order valence-electron chi connectivity index (χ3n) is 3.74. The van der Waals surface area contributed by atoms with Gasteiger partial charge in [-0.15, -0.1) is 0 Å². The monoisotopic (exact) mass is 473 g/mol. The molecule has 3 aromatic rings. The number of benzene rings is 1. The van der Waals surface area contributed by atoms with E-state index in [9.17, 15) is 22.0 Å². The first-order valence-electron chi connectivity index (χ1n) is 7.85. The number of aromatic nitrogens is 2. The largest absolute Gasteiger partial charge is 0.434 e. The van der Waals surface area contributed by atoms with Crippen molar-refractivity contribution in [1.82, 2.24) is 14.7 Å². The SMILES string of the molecule is CS(=O)(=O)c1nc(C(=O)NCc2cc(Br)ccc2OC(F)F)c2ccccn12. The average molecular weight is 474 g/mol. The fraction of sp³-hybridized carbons (Fsp3) is 0.176. The Hall–Kier alpha value is -2.53. The van der Waals surface area contributed by atoms with Crippen molar-refractivity contribution in [3.05, 3.63) is 58.3 Å². The summed E-state index contributed by atoms with van der Waals surface area (Å²) in [6, 6.07) is 9.23. The molecule has 3 rings (SSSR count). The lowest BCUT2D eigenvalue weighted by Crippen LogP contribution is -2.24. The summed E-state index contributed by atoms with van der Waals surface area (Å²) in [6.45, 7) is -3.13. The molecular weight excluding hydrogens is 460 g/mol. The van der Waals surface area contributed by atoms with Crippen LogP contribution in [-0.4, -0.2) is 36.6 Å². The summed E-state index contributed by atoms with van der Waals surface area (Å²) in [5, 5.41) is 2.29. The lowest BCUT2D eigenvalue weighted by molar-refractivity contribution is -0.0504. The third kappa shape index (κ3) is 4.30. The number of hydrogen-bond donors (Lipinski definition) is 1. The number of hydrogen-bond acceptors (Lipinski definition) is 5. The number of imidazole rings is 1. The van der Waals surface area contributed by atoms with Crippen LogP contribution in [0.4, 0.5) is 8.78 Å². The summed E-state index contributed by atoms with van der Waals surface area (Å²) in [5.74, 6) is -0.730. The van der Waals surface area contributed by atoms with Gasteiger partial charge in [0.15, 0.2) is 5.69 Å². The Morgan fingerprint density at radius 2 is 2.07 bits per heavy atom. The number of rotatable bonds is 6. The molecule has 0 fully saturated rings. The maximum atomic E-state index is 12.6. The summed E-state index contributed by atoms with van der Waals surface area (Å²) in [4.78, 5) is 16.6. The summed E-state index contributed by atoms with van der Waals surface area (Å²) >= 11 is 3.23. The summed E-state index contributed by atoms with van der Waals surface area (Å²) < 4.78 is 55.4. The zero-order valence-corrected chi connectivity index (χ0v) is 16.8. The molecule has 0 atom stereocenters. The van der Waals surface area contributed by atoms with Crippen molar-refractivity contribution < 1.29 is 26.7 Å². The number of ether oxygens (including phenoxy) is 1. The van der Waals surface area contributed by atoms with E-state index in [4.69, 9.17) is 0 Å². The lowest BCUT2D eigenvalue weighted by Gasteiger charge is -2.11. The van der Waals surface area contributed by atoms with Crippen LogP contribution in [0.25, 0.3) is 5.52 Å². The van der Waals surface area contributed by atoms with Gasteiger partial charge in [-0.25, -0.2) is 13.4 Å². The number of carbonyl (C=O) groups is 1. The Balaban J connectivity index is 1.90. The molecular formula is C17H14BrF2N3O4S. The number of nitrogens with zero attached hydrogens (tertiary/aromatic N) is 2. The van der Waals surface area contributed by atoms with Gasteiger partial charge in [-0.2, -0.15) is 8.78 Å². The number of carbonyl (C=O) groups excluding carboxylic acids is 1. The Labute approximate surface area is 167 Å². The van der Waals surface area contributed by atoms with Crippen LogP contribution < -0.4 is 10.1 Å². The zero-order valence-electron chi connectivity index (χ0n) is 14.4. The van der Waals surface area contributed by atoms with Gasteiger partial charge in [0.1, 0.15) is 5.75 Å². The van der Waals surface area contributed by atoms with Crippen molar-refractivity contribution in [2.75, 3.05) is 6.26 Å². The summed E-state index contributed by atoms with van der Waals surface area (Å²) in [7, 11) is -3.67. The van der Waals surface area contributed by atoms with E-state index < -0.39 is 22.4 Å². The molecule has 0 unspecified atom stereocenters. The molecule has 7 nitrogen and oxygen atoms in total. The van der Waals surface area contributed by atoms with E-state index in [0.29, 0.717) is 15.6 Å². The van der Waals surface area contributed by atoms with Crippen LogP contribution in [0.5, 0.6) is 5.75 Å². The standard InChI is InChI=1S/C17H14BrF2N3O4S/c1-28(25,26)17-22-14(12-4-2-3-7-23(12)17)15(24)21-9-10-8-11(18)5-6-13(10)27-16(19)20/h2-8,16H,9H2,1H3,(H,21,24). The van der Waals surface area contributed by atoms with Crippen LogP contribution in [0.15, 0.2) is 52.2 Å². The topological polar surface area (TPSA) is 89.8 Å². The van der Waals surface area contributed by atoms with E-state index >= 15 is 0 Å². The first kappa shape index (κ1) is 20.2. The molecule has 0 aliphatic carbocycles. The molecule has 0 radical (unpaired) electrons. The Morgan fingerprint density at radius 1 is 1.32 bits per heavy atom. The van der Waals surface area contributed by atoms with Crippen molar-refractivity contribution in [1.29, 1.82) is 0 Å². The second kappa shape index (κ2) is 7.84. The van der Waals surface area contributed by atoms with E-state index in [1.54, 1.807) is 18.2 Å². The molecule has 1 N–H and O–H groups in total. The van der Waals surface area contributed by atoms with Crippen LogP contribution in [0, 0.1) is 0 Å². The van der Waals surface area contributed by atoms with Crippen molar-refractivity contribution in [3.63, 3.8) is 0 Å². The number of nitrogens with one attached hydrogen (secondary N) is 1. The quantitative estimate of drug-likeness (QED) is 0.594. The van der Waals surface area contributed by atoms with Gasteiger partial charge in [0.2, 0.25) is 15.0 Å². The molecule has 0 bridgehead atoms. The van der Waals surface area contributed by atoms with Gasteiger partial charge >= 0.3 is 6.61 Å². The van der Waals surface area contributed by atoms with E-state index in [2.05, 4.69) is 31.0 Å². The average Bonchev–Trinajstić information content (AvgIpc) is 3.01. The molecule has 1 amide bonds. The zero-order chi connectivity index (χ0) is 20.5. The highest BCUT2D eigenvalue weighted by Gasteiger charge is 2.23. The molecule has 0 aliphatic rings. The second-order valence-corrected chi connectivity index (χ2v) is 8.61. The fourth-order valence-electron chi connectivity index (χ4n) is 2.59. The second-order valence-electron chi connectivity index (χ2n) is 5.78. The molecule has 11 heteroatoms. The number of alkyl halides is 2. The molecule has 0 saturated carbocycles. The molecule has 2 aromatic heterocycles. The van der Waals surface area contributed by atoms with Gasteiger partial charge in [-0.05, 0) is 30.3 Å². The third-order valence-corrected chi connectivity index (χ3v) is 5.19. The van der Waals surface area contributed by atoms with E-state index in [0.717, 1.165) is 6.26 Å². The highest BCUT2D eigenvalue weighted by Crippen LogP contribution is 2.25. The summed E-state index contributed by atoms with van der Waals surface area (Å²) in [5.41, 5.74) is 0.529. The first-order valence-corrected chi connectivity index (χ1v) is 10.5. The van der Waals surface area contributed by atoms with E-state index in [-0.39, 0.29) is 23.1 Å². The lowest BCUT2D eigenvalue weighted by atomic mass is 10.2.